The van der Waals surface area contributed by atoms with Crippen molar-refractivity contribution < 1.29 is 8.94 Å². The first kappa shape index (κ1) is 14.0. The number of rotatable bonds is 5. The van der Waals surface area contributed by atoms with Gasteiger partial charge in [0.05, 0.1) is 12.2 Å². The van der Waals surface area contributed by atoms with Gasteiger partial charge in [0.2, 0.25) is 0 Å². The van der Waals surface area contributed by atoms with Gasteiger partial charge in [0.1, 0.15) is 17.8 Å². The Bertz CT molecular complexity index is 599. The van der Waals surface area contributed by atoms with E-state index in [4.69, 9.17) is 8.94 Å². The van der Waals surface area contributed by atoms with Gasteiger partial charge >= 0.3 is 0 Å². The Kier molecular flexibility index (Phi) is 3.76. The van der Waals surface area contributed by atoms with Gasteiger partial charge in [-0.05, 0) is 24.5 Å². The number of hydrogen-bond acceptors (Lipinski definition) is 5. The molecule has 0 radical (unpaired) electrons. The molecule has 22 heavy (non-hydrogen) atoms. The first-order valence-electron chi connectivity index (χ1n) is 8.20. The second-order valence-electron chi connectivity index (χ2n) is 6.67. The number of aromatic nitrogens is 1. The Balaban J connectivity index is 1.26. The second-order valence-corrected chi connectivity index (χ2v) is 6.67. The molecule has 2 unspecified atom stereocenters. The fraction of sp³-hybridized carbons (Fsp3) is 0.588. The molecule has 0 N–H and O–H groups in total. The zero-order valence-corrected chi connectivity index (χ0v) is 13.1. The van der Waals surface area contributed by atoms with Gasteiger partial charge in [0, 0.05) is 44.7 Å². The van der Waals surface area contributed by atoms with Crippen LogP contribution < -0.4 is 0 Å². The highest BCUT2D eigenvalue weighted by atomic mass is 16.5. The maximum atomic E-state index is 6.02. The number of piperazine rings is 1. The van der Waals surface area contributed by atoms with E-state index in [-0.39, 0.29) is 0 Å². The van der Waals surface area contributed by atoms with Crippen LogP contribution >= 0.6 is 0 Å². The fourth-order valence-corrected chi connectivity index (χ4v) is 3.27. The standard InChI is InChI=1S/C17H23N3O2/c1-13-10-16(13)17-3-2-15(22-17)12-20-7-5-19(6-8-20)11-14-4-9-21-18-14/h2-4,9,13,16H,5-8,10-12H2,1H3. The third-order valence-corrected chi connectivity index (χ3v) is 4.88. The molecule has 5 nitrogen and oxygen atoms in total. The summed E-state index contributed by atoms with van der Waals surface area (Å²) in [5.74, 6) is 3.78. The maximum Gasteiger partial charge on any atom is 0.124 e. The number of nitrogens with zero attached hydrogens (tertiary/aromatic N) is 3. The van der Waals surface area contributed by atoms with Crippen molar-refractivity contribution in [3.8, 4) is 0 Å². The topological polar surface area (TPSA) is 45.7 Å². The van der Waals surface area contributed by atoms with Gasteiger partial charge in [-0.2, -0.15) is 0 Å². The average molecular weight is 301 g/mol. The molecule has 4 rings (SSSR count). The van der Waals surface area contributed by atoms with Gasteiger partial charge in [-0.25, -0.2) is 0 Å². The molecule has 3 heterocycles. The summed E-state index contributed by atoms with van der Waals surface area (Å²) in [6, 6.07) is 6.27. The second kappa shape index (κ2) is 5.89. The van der Waals surface area contributed by atoms with E-state index in [1.807, 2.05) is 6.07 Å². The van der Waals surface area contributed by atoms with E-state index in [1.54, 1.807) is 6.26 Å². The summed E-state index contributed by atoms with van der Waals surface area (Å²) in [6.07, 6.45) is 2.93. The van der Waals surface area contributed by atoms with Crippen molar-refractivity contribution in [2.75, 3.05) is 26.2 Å². The number of hydrogen-bond donors (Lipinski definition) is 0. The largest absolute Gasteiger partial charge is 0.464 e. The van der Waals surface area contributed by atoms with Crippen LogP contribution in [0.5, 0.6) is 0 Å². The Labute approximate surface area is 130 Å². The highest BCUT2D eigenvalue weighted by Crippen LogP contribution is 2.47. The van der Waals surface area contributed by atoms with E-state index in [2.05, 4.69) is 34.0 Å². The summed E-state index contributed by atoms with van der Waals surface area (Å²) in [7, 11) is 0. The molecule has 0 spiro atoms. The zero-order chi connectivity index (χ0) is 14.9. The summed E-state index contributed by atoms with van der Waals surface area (Å²) in [6.45, 7) is 8.40. The van der Waals surface area contributed by atoms with Crippen molar-refractivity contribution in [1.29, 1.82) is 0 Å². The lowest BCUT2D eigenvalue weighted by Gasteiger charge is -2.33. The third kappa shape index (κ3) is 3.10. The van der Waals surface area contributed by atoms with Crippen molar-refractivity contribution >= 4 is 0 Å². The molecule has 118 valence electrons. The van der Waals surface area contributed by atoms with Crippen LogP contribution in [0.1, 0.15) is 36.5 Å². The molecule has 0 amide bonds. The quantitative estimate of drug-likeness (QED) is 0.849. The first-order chi connectivity index (χ1) is 10.8. The molecule has 5 heteroatoms. The summed E-state index contributed by atoms with van der Waals surface area (Å²) < 4.78 is 10.9. The molecule has 1 saturated carbocycles. The van der Waals surface area contributed by atoms with Crippen LogP contribution in [0.2, 0.25) is 0 Å². The molecule has 0 bridgehead atoms. The zero-order valence-electron chi connectivity index (χ0n) is 13.1. The third-order valence-electron chi connectivity index (χ3n) is 4.88. The number of furan rings is 1. The highest BCUT2D eigenvalue weighted by molar-refractivity contribution is 5.17. The van der Waals surface area contributed by atoms with Crippen LogP contribution in [0, 0.1) is 5.92 Å². The summed E-state index contributed by atoms with van der Waals surface area (Å²) in [5, 5.41) is 3.98. The van der Waals surface area contributed by atoms with E-state index in [9.17, 15) is 0 Å². The summed E-state index contributed by atoms with van der Waals surface area (Å²) in [4.78, 5) is 4.89. The lowest BCUT2D eigenvalue weighted by Crippen LogP contribution is -2.45. The van der Waals surface area contributed by atoms with Crippen LogP contribution in [-0.2, 0) is 13.1 Å². The molecular weight excluding hydrogens is 278 g/mol. The molecule has 1 aliphatic heterocycles. The van der Waals surface area contributed by atoms with Crippen LogP contribution in [0.4, 0.5) is 0 Å². The molecule has 2 aliphatic rings. The van der Waals surface area contributed by atoms with E-state index < -0.39 is 0 Å². The molecule has 2 aromatic heterocycles. The lowest BCUT2D eigenvalue weighted by molar-refractivity contribution is 0.114. The van der Waals surface area contributed by atoms with Gasteiger partial charge in [-0.1, -0.05) is 12.1 Å². The van der Waals surface area contributed by atoms with Gasteiger partial charge in [-0.3, -0.25) is 9.80 Å². The maximum absolute atomic E-state index is 6.02. The van der Waals surface area contributed by atoms with E-state index >= 15 is 0 Å². The summed E-state index contributed by atoms with van der Waals surface area (Å²) >= 11 is 0. The van der Waals surface area contributed by atoms with Crippen molar-refractivity contribution in [2.24, 2.45) is 5.92 Å². The van der Waals surface area contributed by atoms with Crippen molar-refractivity contribution in [1.82, 2.24) is 15.0 Å². The molecule has 1 aliphatic carbocycles. The summed E-state index contributed by atoms with van der Waals surface area (Å²) in [5.41, 5.74) is 1.02. The molecule has 2 fully saturated rings. The van der Waals surface area contributed by atoms with Crippen LogP contribution in [-0.4, -0.2) is 41.1 Å². The minimum Gasteiger partial charge on any atom is -0.464 e. The SMILES string of the molecule is CC1CC1c1ccc(CN2CCN(Cc3ccon3)CC2)o1. The fourth-order valence-electron chi connectivity index (χ4n) is 3.27. The van der Waals surface area contributed by atoms with Crippen LogP contribution in [0.3, 0.4) is 0 Å². The van der Waals surface area contributed by atoms with Gasteiger partial charge < -0.3 is 8.94 Å². The monoisotopic (exact) mass is 301 g/mol. The predicted molar refractivity (Wildman–Crippen MR) is 82.3 cm³/mol. The Morgan fingerprint density at radius 2 is 1.82 bits per heavy atom. The van der Waals surface area contributed by atoms with Gasteiger partial charge in [0.15, 0.2) is 0 Å². The average Bonchev–Trinajstić information content (AvgIpc) is 2.95. The van der Waals surface area contributed by atoms with Crippen LogP contribution in [0.25, 0.3) is 0 Å². The van der Waals surface area contributed by atoms with Crippen LogP contribution in [0.15, 0.2) is 33.4 Å². The normalized spacial score (nSPS) is 26.4. The van der Waals surface area contributed by atoms with Crippen molar-refractivity contribution in [2.45, 2.75) is 32.4 Å². The Hall–Kier alpha value is -1.59. The lowest BCUT2D eigenvalue weighted by atomic mass is 10.2. The minimum absolute atomic E-state index is 0.674. The molecule has 0 aromatic carbocycles. The van der Waals surface area contributed by atoms with Gasteiger partial charge in [0.25, 0.3) is 0 Å². The van der Waals surface area contributed by atoms with Gasteiger partial charge in [-0.15, -0.1) is 0 Å². The van der Waals surface area contributed by atoms with E-state index in [0.29, 0.717) is 5.92 Å². The Morgan fingerprint density at radius 3 is 2.45 bits per heavy atom. The minimum atomic E-state index is 0.674. The van der Waals surface area contributed by atoms with Crippen molar-refractivity contribution in [3.63, 3.8) is 0 Å². The molecular formula is C17H23N3O2. The smallest absolute Gasteiger partial charge is 0.124 e. The first-order valence-corrected chi connectivity index (χ1v) is 8.20. The van der Waals surface area contributed by atoms with E-state index in [1.165, 1.54) is 12.2 Å². The highest BCUT2D eigenvalue weighted by Gasteiger charge is 2.36. The molecule has 2 atom stereocenters. The molecule has 2 aromatic rings. The Morgan fingerprint density at radius 1 is 1.09 bits per heavy atom. The van der Waals surface area contributed by atoms with E-state index in [0.717, 1.165) is 56.6 Å². The molecule has 1 saturated heterocycles. The predicted octanol–water partition coefficient (Wildman–Crippen LogP) is 2.71. The van der Waals surface area contributed by atoms with Crippen molar-refractivity contribution in [3.05, 3.63) is 41.7 Å².